The van der Waals surface area contributed by atoms with Crippen molar-refractivity contribution in [3.63, 3.8) is 0 Å². The highest BCUT2D eigenvalue weighted by atomic mass is 15.2. The van der Waals surface area contributed by atoms with Crippen LogP contribution in [0.3, 0.4) is 0 Å². The molecule has 0 aliphatic carbocycles. The first kappa shape index (κ1) is 13.3. The number of hydrogen-bond donors (Lipinski definition) is 2. The molecule has 2 rings (SSSR count). The Hall–Kier alpha value is -2.10. The highest BCUT2D eigenvalue weighted by Crippen LogP contribution is 2.18. The fourth-order valence-corrected chi connectivity index (χ4v) is 2.34. The lowest BCUT2D eigenvalue weighted by molar-refractivity contribution is -0.687. The van der Waals surface area contributed by atoms with Crippen LogP contribution in [-0.4, -0.2) is 4.98 Å². The molecule has 3 N–H and O–H groups in total. The van der Waals surface area contributed by atoms with Crippen molar-refractivity contribution in [2.75, 3.05) is 11.1 Å². The van der Waals surface area contributed by atoms with E-state index in [0.29, 0.717) is 5.95 Å². The number of rotatable bonds is 3. The Morgan fingerprint density at radius 3 is 2.26 bits per heavy atom. The van der Waals surface area contributed by atoms with E-state index in [-0.39, 0.29) is 0 Å². The number of aryl methyl sites for hydroxylation is 3. The average Bonchev–Trinajstić information content (AvgIpc) is 2.26. The minimum Gasteiger partial charge on any atom is -0.326 e. The number of hydrogen-bond acceptors (Lipinski definition) is 3. The highest BCUT2D eigenvalue weighted by Gasteiger charge is 2.12. The molecule has 0 aliphatic rings. The van der Waals surface area contributed by atoms with E-state index in [1.54, 1.807) is 0 Å². The first-order valence-corrected chi connectivity index (χ1v) is 6.52. The maximum atomic E-state index is 5.96. The fourth-order valence-electron chi connectivity index (χ4n) is 2.34. The normalized spacial score (nSPS) is 10.5. The Bertz CT molecular complexity index is 562. The third kappa shape index (κ3) is 3.02. The van der Waals surface area contributed by atoms with Crippen LogP contribution in [0.25, 0.3) is 0 Å². The Balaban J connectivity index is 2.33. The molecule has 1 heterocycles. The number of benzene rings is 1. The first-order chi connectivity index (χ1) is 8.99. The molecule has 0 unspecified atom stereocenters. The molecule has 100 valence electrons. The van der Waals surface area contributed by atoms with Gasteiger partial charge in [0.1, 0.15) is 0 Å². The quantitative estimate of drug-likeness (QED) is 0.831. The molecule has 4 nitrogen and oxygen atoms in total. The number of anilines is 3. The van der Waals surface area contributed by atoms with Crippen molar-refractivity contribution < 1.29 is 4.57 Å². The minimum atomic E-state index is 0.536. The van der Waals surface area contributed by atoms with Gasteiger partial charge in [0.05, 0.1) is 12.2 Å². The highest BCUT2D eigenvalue weighted by molar-refractivity contribution is 5.58. The van der Waals surface area contributed by atoms with Crippen LogP contribution < -0.4 is 15.6 Å². The maximum Gasteiger partial charge on any atom is 0.391 e. The van der Waals surface area contributed by atoms with Crippen LogP contribution in [0.1, 0.15) is 23.7 Å². The number of nitrogens with zero attached hydrogens (tertiary/aromatic N) is 2. The molecule has 0 aliphatic heterocycles. The zero-order valence-corrected chi connectivity index (χ0v) is 12.0. The Morgan fingerprint density at radius 2 is 1.74 bits per heavy atom. The molecule has 0 fully saturated rings. The summed E-state index contributed by atoms with van der Waals surface area (Å²) in [6.07, 6.45) is 0. The van der Waals surface area contributed by atoms with Gasteiger partial charge in [-0.2, -0.15) is 0 Å². The lowest BCUT2D eigenvalue weighted by Gasteiger charge is -2.09. The van der Waals surface area contributed by atoms with Crippen molar-refractivity contribution in [1.82, 2.24) is 4.98 Å². The molecule has 2 aromatic rings. The summed E-state index contributed by atoms with van der Waals surface area (Å²) in [6, 6.07) is 8.36. The van der Waals surface area contributed by atoms with E-state index in [4.69, 9.17) is 5.73 Å². The molecule has 0 saturated carbocycles. The number of nitrogens with two attached hydrogens (primary N) is 1. The molecule has 0 atom stereocenters. The summed E-state index contributed by atoms with van der Waals surface area (Å²) < 4.78 is 1.98. The van der Waals surface area contributed by atoms with Crippen LogP contribution in [0.15, 0.2) is 24.3 Å². The van der Waals surface area contributed by atoms with Crippen molar-refractivity contribution in [2.45, 2.75) is 34.2 Å². The second-order valence-corrected chi connectivity index (χ2v) is 4.89. The molecule has 1 aromatic carbocycles. The zero-order valence-electron chi connectivity index (χ0n) is 12.0. The zero-order chi connectivity index (χ0) is 14.0. The van der Waals surface area contributed by atoms with E-state index in [2.05, 4.69) is 49.3 Å². The van der Waals surface area contributed by atoms with Gasteiger partial charge >= 0.3 is 5.95 Å². The summed E-state index contributed by atoms with van der Waals surface area (Å²) in [5.41, 5.74) is 10.6. The van der Waals surface area contributed by atoms with Crippen LogP contribution in [0.4, 0.5) is 17.5 Å². The third-order valence-electron chi connectivity index (χ3n) is 3.09. The molecule has 0 amide bonds. The summed E-state index contributed by atoms with van der Waals surface area (Å²) in [7, 11) is 0. The van der Waals surface area contributed by atoms with Gasteiger partial charge in [-0.05, 0) is 51.0 Å². The smallest absolute Gasteiger partial charge is 0.326 e. The SMILES string of the molecule is CC[n+]1c(C)cc(Nc2cc(C)cc(C)c2)nc1N. The molecule has 1 aromatic heterocycles. The van der Waals surface area contributed by atoms with Crippen LogP contribution in [0.2, 0.25) is 0 Å². The van der Waals surface area contributed by atoms with E-state index < -0.39 is 0 Å². The van der Waals surface area contributed by atoms with Crippen LogP contribution in [0, 0.1) is 20.8 Å². The topological polar surface area (TPSA) is 54.8 Å². The van der Waals surface area contributed by atoms with Gasteiger partial charge in [0.2, 0.25) is 5.82 Å². The molecule has 0 radical (unpaired) electrons. The minimum absolute atomic E-state index is 0.536. The molecular weight excluding hydrogens is 236 g/mol. The van der Waals surface area contributed by atoms with Crippen molar-refractivity contribution in [2.24, 2.45) is 0 Å². The maximum absolute atomic E-state index is 5.96. The molecule has 0 bridgehead atoms. The summed E-state index contributed by atoms with van der Waals surface area (Å²) >= 11 is 0. The number of aromatic nitrogens is 2. The molecular formula is C15H21N4+. The summed E-state index contributed by atoms with van der Waals surface area (Å²) in [4.78, 5) is 4.39. The van der Waals surface area contributed by atoms with Gasteiger partial charge in [-0.3, -0.25) is 5.73 Å². The van der Waals surface area contributed by atoms with Crippen molar-refractivity contribution >= 4 is 17.5 Å². The Morgan fingerprint density at radius 1 is 1.11 bits per heavy atom. The van der Waals surface area contributed by atoms with Gasteiger partial charge in [-0.25, -0.2) is 4.57 Å². The van der Waals surface area contributed by atoms with Crippen molar-refractivity contribution in [1.29, 1.82) is 0 Å². The summed E-state index contributed by atoms with van der Waals surface area (Å²) in [5.74, 6) is 1.32. The van der Waals surface area contributed by atoms with E-state index in [0.717, 1.165) is 23.7 Å². The van der Waals surface area contributed by atoms with Gasteiger partial charge in [-0.1, -0.05) is 11.1 Å². The van der Waals surface area contributed by atoms with Gasteiger partial charge < -0.3 is 5.32 Å². The molecule has 19 heavy (non-hydrogen) atoms. The molecule has 0 spiro atoms. The molecule has 4 heteroatoms. The van der Waals surface area contributed by atoms with Crippen molar-refractivity contribution in [3.8, 4) is 0 Å². The van der Waals surface area contributed by atoms with Gasteiger partial charge in [0.15, 0.2) is 0 Å². The van der Waals surface area contributed by atoms with E-state index >= 15 is 0 Å². The van der Waals surface area contributed by atoms with Crippen molar-refractivity contribution in [3.05, 3.63) is 41.1 Å². The number of nitrogen functional groups attached to an aromatic ring is 1. The van der Waals surface area contributed by atoms with E-state index in [9.17, 15) is 0 Å². The Labute approximate surface area is 114 Å². The largest absolute Gasteiger partial charge is 0.391 e. The van der Waals surface area contributed by atoms with Crippen LogP contribution in [0.5, 0.6) is 0 Å². The summed E-state index contributed by atoms with van der Waals surface area (Å²) in [5, 5.41) is 3.31. The lowest BCUT2D eigenvalue weighted by atomic mass is 10.1. The predicted molar refractivity (Wildman–Crippen MR) is 78.5 cm³/mol. The monoisotopic (exact) mass is 257 g/mol. The molecule has 0 saturated heterocycles. The summed E-state index contributed by atoms with van der Waals surface area (Å²) in [6.45, 7) is 9.09. The second kappa shape index (κ2) is 5.26. The number of nitrogens with one attached hydrogen (secondary N) is 1. The van der Waals surface area contributed by atoms with E-state index in [1.807, 2.05) is 17.6 Å². The third-order valence-corrected chi connectivity index (χ3v) is 3.09. The van der Waals surface area contributed by atoms with Gasteiger partial charge in [0, 0.05) is 11.8 Å². The van der Waals surface area contributed by atoms with Crippen LogP contribution >= 0.6 is 0 Å². The lowest BCUT2D eigenvalue weighted by Crippen LogP contribution is -2.40. The standard InChI is InChI=1S/C15H20N4/c1-5-19-12(4)9-14(18-15(19)16)17-13-7-10(2)6-11(3)8-13/h6-9H,5H2,1-4H3,(H2,16,17,18)/p+1. The van der Waals surface area contributed by atoms with Crippen LogP contribution in [-0.2, 0) is 6.54 Å². The Kier molecular flexibility index (Phi) is 3.69. The average molecular weight is 257 g/mol. The van der Waals surface area contributed by atoms with Gasteiger partial charge in [-0.15, -0.1) is 0 Å². The second-order valence-electron chi connectivity index (χ2n) is 4.89. The first-order valence-electron chi connectivity index (χ1n) is 6.52. The van der Waals surface area contributed by atoms with E-state index in [1.165, 1.54) is 11.1 Å². The van der Waals surface area contributed by atoms with Gasteiger partial charge in [0.25, 0.3) is 0 Å². The predicted octanol–water partition coefficient (Wildman–Crippen LogP) is 2.64. The fraction of sp³-hybridized carbons (Fsp3) is 0.333.